The normalized spacial score (nSPS) is 13.2. The molecule has 0 saturated heterocycles. The molecule has 0 radical (unpaired) electrons. The Morgan fingerprint density at radius 3 is 2.50 bits per heavy atom. The third kappa shape index (κ3) is 3.07. The fourth-order valence-corrected chi connectivity index (χ4v) is 3.31. The molecule has 1 unspecified atom stereocenters. The van der Waals surface area contributed by atoms with Crippen molar-refractivity contribution in [2.75, 3.05) is 19.4 Å². The number of nitrogens with one attached hydrogen (secondary N) is 1. The van der Waals surface area contributed by atoms with Crippen molar-refractivity contribution in [1.29, 1.82) is 0 Å². The highest BCUT2D eigenvalue weighted by Gasteiger charge is 2.27. The lowest BCUT2D eigenvalue weighted by molar-refractivity contribution is -0.384. The predicted molar refractivity (Wildman–Crippen MR) is 77.3 cm³/mol. The molecule has 0 aliphatic carbocycles. The van der Waals surface area contributed by atoms with Gasteiger partial charge < -0.3 is 5.32 Å². The fourth-order valence-electron chi connectivity index (χ4n) is 1.70. The van der Waals surface area contributed by atoms with Gasteiger partial charge in [-0.1, -0.05) is 6.92 Å². The maximum absolute atomic E-state index is 12.5. The molecule has 0 saturated carbocycles. The van der Waals surface area contributed by atoms with Crippen LogP contribution in [0.15, 0.2) is 23.1 Å². The standard InChI is InChI=1S/C12H19N3O4S/c1-5-9(2)14(4)20(18,19)12-7-6-10(15(16)17)8-11(12)13-3/h6-9,13H,5H2,1-4H3. The number of sulfonamides is 1. The van der Waals surface area contributed by atoms with Crippen LogP contribution in [0.3, 0.4) is 0 Å². The van der Waals surface area contributed by atoms with Gasteiger partial charge in [-0.05, 0) is 19.4 Å². The first-order chi connectivity index (χ1) is 9.25. The molecule has 0 aliphatic heterocycles. The van der Waals surface area contributed by atoms with Crippen LogP contribution in [-0.2, 0) is 10.0 Å². The Morgan fingerprint density at radius 1 is 1.45 bits per heavy atom. The van der Waals surface area contributed by atoms with Crippen LogP contribution in [0.25, 0.3) is 0 Å². The number of benzene rings is 1. The number of hydrogen-bond acceptors (Lipinski definition) is 5. The van der Waals surface area contributed by atoms with Crippen LogP contribution < -0.4 is 5.32 Å². The molecule has 7 nitrogen and oxygen atoms in total. The Kier molecular flexibility index (Phi) is 5.07. The summed E-state index contributed by atoms with van der Waals surface area (Å²) in [5.74, 6) is 0. The minimum Gasteiger partial charge on any atom is -0.387 e. The van der Waals surface area contributed by atoms with Crippen molar-refractivity contribution >= 4 is 21.4 Å². The SMILES string of the molecule is CCC(C)N(C)S(=O)(=O)c1ccc([N+](=O)[O-])cc1NC. The van der Waals surface area contributed by atoms with E-state index in [1.165, 1.54) is 36.6 Å². The second-order valence-electron chi connectivity index (χ2n) is 4.47. The van der Waals surface area contributed by atoms with E-state index in [2.05, 4.69) is 5.32 Å². The predicted octanol–water partition coefficient (Wildman–Crippen LogP) is 2.06. The molecule has 20 heavy (non-hydrogen) atoms. The van der Waals surface area contributed by atoms with E-state index < -0.39 is 14.9 Å². The van der Waals surface area contributed by atoms with Gasteiger partial charge in [-0.25, -0.2) is 8.42 Å². The Labute approximate surface area is 118 Å². The summed E-state index contributed by atoms with van der Waals surface area (Å²) in [5, 5.41) is 13.4. The van der Waals surface area contributed by atoms with Crippen molar-refractivity contribution in [1.82, 2.24) is 4.31 Å². The molecular weight excluding hydrogens is 282 g/mol. The molecule has 1 aromatic rings. The first kappa shape index (κ1) is 16.4. The van der Waals surface area contributed by atoms with Crippen LogP contribution in [0.2, 0.25) is 0 Å². The van der Waals surface area contributed by atoms with Gasteiger partial charge in [-0.15, -0.1) is 0 Å². The van der Waals surface area contributed by atoms with Crippen LogP contribution in [-0.4, -0.2) is 37.8 Å². The molecule has 0 amide bonds. The molecule has 1 rings (SSSR count). The lowest BCUT2D eigenvalue weighted by Gasteiger charge is -2.24. The zero-order valence-corrected chi connectivity index (χ0v) is 12.8. The van der Waals surface area contributed by atoms with Crippen molar-refractivity contribution < 1.29 is 13.3 Å². The molecule has 0 heterocycles. The monoisotopic (exact) mass is 301 g/mol. The van der Waals surface area contributed by atoms with Crippen molar-refractivity contribution in [3.8, 4) is 0 Å². The molecule has 0 aliphatic rings. The second kappa shape index (κ2) is 6.19. The molecule has 1 aromatic carbocycles. The zero-order valence-electron chi connectivity index (χ0n) is 12.0. The molecule has 0 fully saturated rings. The van der Waals surface area contributed by atoms with Gasteiger partial charge in [0.15, 0.2) is 0 Å². The van der Waals surface area contributed by atoms with Crippen LogP contribution in [0, 0.1) is 10.1 Å². The fraction of sp³-hybridized carbons (Fsp3) is 0.500. The van der Waals surface area contributed by atoms with Gasteiger partial charge in [-0.3, -0.25) is 10.1 Å². The Balaban J connectivity index is 3.35. The van der Waals surface area contributed by atoms with E-state index in [1.54, 1.807) is 0 Å². The third-order valence-electron chi connectivity index (χ3n) is 3.31. The summed E-state index contributed by atoms with van der Waals surface area (Å²) < 4.78 is 26.3. The summed E-state index contributed by atoms with van der Waals surface area (Å²) in [6.45, 7) is 3.70. The lowest BCUT2D eigenvalue weighted by atomic mass is 10.3. The quantitative estimate of drug-likeness (QED) is 0.641. The van der Waals surface area contributed by atoms with Gasteiger partial charge in [0.25, 0.3) is 5.69 Å². The smallest absolute Gasteiger partial charge is 0.271 e. The first-order valence-corrected chi connectivity index (χ1v) is 7.64. The topological polar surface area (TPSA) is 92.5 Å². The van der Waals surface area contributed by atoms with Gasteiger partial charge in [0, 0.05) is 32.3 Å². The van der Waals surface area contributed by atoms with Crippen LogP contribution in [0.1, 0.15) is 20.3 Å². The maximum Gasteiger partial charge on any atom is 0.271 e. The third-order valence-corrected chi connectivity index (χ3v) is 5.34. The second-order valence-corrected chi connectivity index (χ2v) is 6.43. The summed E-state index contributed by atoms with van der Waals surface area (Å²) in [4.78, 5) is 10.2. The molecule has 112 valence electrons. The number of anilines is 1. The summed E-state index contributed by atoms with van der Waals surface area (Å²) in [7, 11) is -0.654. The highest BCUT2D eigenvalue weighted by atomic mass is 32.2. The summed E-state index contributed by atoms with van der Waals surface area (Å²) in [6.07, 6.45) is 0.678. The van der Waals surface area contributed by atoms with E-state index in [0.29, 0.717) is 6.42 Å². The van der Waals surface area contributed by atoms with Crippen LogP contribution in [0.4, 0.5) is 11.4 Å². The molecule has 0 spiro atoms. The van der Waals surface area contributed by atoms with Crippen molar-refractivity contribution in [2.24, 2.45) is 0 Å². The van der Waals surface area contributed by atoms with E-state index in [4.69, 9.17) is 0 Å². The number of rotatable bonds is 6. The Morgan fingerprint density at radius 2 is 2.05 bits per heavy atom. The van der Waals surface area contributed by atoms with Gasteiger partial charge in [0.05, 0.1) is 10.6 Å². The zero-order chi connectivity index (χ0) is 15.5. The molecule has 1 atom stereocenters. The minimum absolute atomic E-state index is 0.0356. The van der Waals surface area contributed by atoms with Crippen molar-refractivity contribution in [3.63, 3.8) is 0 Å². The molecular formula is C12H19N3O4S. The Hall–Kier alpha value is -1.67. The van der Waals surface area contributed by atoms with E-state index >= 15 is 0 Å². The Bertz CT molecular complexity index is 601. The summed E-state index contributed by atoms with van der Waals surface area (Å²) in [5.41, 5.74) is 0.0637. The highest BCUT2D eigenvalue weighted by Crippen LogP contribution is 2.29. The molecule has 0 bridgehead atoms. The number of hydrogen-bond donors (Lipinski definition) is 1. The minimum atomic E-state index is -3.69. The highest BCUT2D eigenvalue weighted by molar-refractivity contribution is 7.89. The van der Waals surface area contributed by atoms with E-state index in [-0.39, 0.29) is 22.3 Å². The van der Waals surface area contributed by atoms with Gasteiger partial charge in [0.2, 0.25) is 10.0 Å². The number of nitrogens with zero attached hydrogens (tertiary/aromatic N) is 2. The van der Waals surface area contributed by atoms with E-state index in [1.807, 2.05) is 13.8 Å². The van der Waals surface area contributed by atoms with Crippen molar-refractivity contribution in [3.05, 3.63) is 28.3 Å². The average Bonchev–Trinajstić information content (AvgIpc) is 2.44. The summed E-state index contributed by atoms with van der Waals surface area (Å²) >= 11 is 0. The first-order valence-electron chi connectivity index (χ1n) is 6.19. The van der Waals surface area contributed by atoms with Crippen LogP contribution in [0.5, 0.6) is 0 Å². The number of non-ortho nitro benzene ring substituents is 1. The number of nitro benzene ring substituents is 1. The van der Waals surface area contributed by atoms with E-state index in [9.17, 15) is 18.5 Å². The van der Waals surface area contributed by atoms with Crippen LogP contribution >= 0.6 is 0 Å². The molecule has 8 heteroatoms. The van der Waals surface area contributed by atoms with Gasteiger partial charge in [0.1, 0.15) is 4.90 Å². The van der Waals surface area contributed by atoms with E-state index in [0.717, 1.165) is 0 Å². The lowest BCUT2D eigenvalue weighted by Crippen LogP contribution is -2.34. The van der Waals surface area contributed by atoms with Gasteiger partial charge in [-0.2, -0.15) is 4.31 Å². The largest absolute Gasteiger partial charge is 0.387 e. The maximum atomic E-state index is 12.5. The average molecular weight is 301 g/mol. The molecule has 1 N–H and O–H groups in total. The number of nitro groups is 1. The summed E-state index contributed by atoms with van der Waals surface area (Å²) in [6, 6.07) is 3.52. The molecule has 0 aromatic heterocycles. The van der Waals surface area contributed by atoms with Gasteiger partial charge >= 0.3 is 0 Å². The van der Waals surface area contributed by atoms with Crippen molar-refractivity contribution in [2.45, 2.75) is 31.2 Å².